The van der Waals surface area contributed by atoms with Crippen LogP contribution in [0.3, 0.4) is 0 Å². The maximum Gasteiger partial charge on any atom is 0.338 e. The molecule has 6 heteroatoms. The Kier molecular flexibility index (Phi) is 5.14. The molecule has 0 radical (unpaired) electrons. The zero-order valence-electron chi connectivity index (χ0n) is 14.9. The minimum atomic E-state index is -0.578. The average molecular weight is 391 g/mol. The van der Waals surface area contributed by atoms with Crippen molar-refractivity contribution in [2.75, 3.05) is 11.5 Å². The Morgan fingerprint density at radius 3 is 2.00 bits per heavy atom. The van der Waals surface area contributed by atoms with E-state index in [2.05, 4.69) is 0 Å². The Morgan fingerprint density at radius 2 is 1.43 bits per heavy atom. The molecule has 4 rings (SSSR count). The molecule has 3 aromatic rings. The summed E-state index contributed by atoms with van der Waals surface area (Å²) < 4.78 is 5.25. The molecule has 1 N–H and O–H groups in total. The number of para-hydroxylation sites is 2. The van der Waals surface area contributed by atoms with E-state index in [1.54, 1.807) is 40.9 Å². The van der Waals surface area contributed by atoms with E-state index in [9.17, 15) is 9.59 Å². The molecule has 1 aliphatic heterocycles. The van der Waals surface area contributed by atoms with Gasteiger partial charge in [0.05, 0.1) is 23.5 Å². The molecule has 0 spiro atoms. The number of carbonyl (C=O) groups excluding carboxylic acids is 2. The van der Waals surface area contributed by atoms with Gasteiger partial charge >= 0.3 is 5.97 Å². The lowest BCUT2D eigenvalue weighted by molar-refractivity contribution is -0.121. The van der Waals surface area contributed by atoms with Crippen molar-refractivity contribution < 1.29 is 19.4 Å². The largest absolute Gasteiger partial charge is 0.452 e. The fraction of sp³-hybridized carbons (Fsp3) is 0.0909. The number of aliphatic hydroxyl groups excluding tert-OH is 1. The molecule has 5 nitrogen and oxygen atoms in total. The Hall–Kier alpha value is -3.09. The van der Waals surface area contributed by atoms with Gasteiger partial charge in [0.1, 0.15) is 0 Å². The highest BCUT2D eigenvalue weighted by Crippen LogP contribution is 2.47. The zero-order chi connectivity index (χ0) is 19.5. The van der Waals surface area contributed by atoms with Crippen LogP contribution in [-0.2, 0) is 16.1 Å². The van der Waals surface area contributed by atoms with Crippen LogP contribution in [0.5, 0.6) is 0 Å². The zero-order valence-corrected chi connectivity index (χ0v) is 15.7. The number of benzene rings is 3. The molecule has 0 fully saturated rings. The van der Waals surface area contributed by atoms with Crippen LogP contribution in [0.15, 0.2) is 82.6 Å². The normalized spacial score (nSPS) is 12.1. The SMILES string of the molecule is O=C(OCC(=O)N1c2ccccc2Sc2ccccc21)c1ccc(CO)cc1. The van der Waals surface area contributed by atoms with Crippen molar-refractivity contribution in [2.24, 2.45) is 0 Å². The third-order valence-electron chi connectivity index (χ3n) is 4.38. The first kappa shape index (κ1) is 18.3. The molecule has 0 atom stereocenters. The molecular formula is C22H17NO4S. The van der Waals surface area contributed by atoms with Gasteiger partial charge < -0.3 is 9.84 Å². The molecule has 1 aliphatic rings. The lowest BCUT2D eigenvalue weighted by Gasteiger charge is -2.30. The number of esters is 1. The Bertz CT molecular complexity index is 987. The van der Waals surface area contributed by atoms with E-state index >= 15 is 0 Å². The molecule has 0 unspecified atom stereocenters. The molecule has 0 saturated carbocycles. The number of anilines is 2. The third kappa shape index (κ3) is 3.52. The van der Waals surface area contributed by atoms with Gasteiger partial charge in [-0.05, 0) is 42.0 Å². The number of aliphatic hydroxyl groups is 1. The Morgan fingerprint density at radius 1 is 0.857 bits per heavy atom. The molecule has 0 bridgehead atoms. The van der Waals surface area contributed by atoms with Crippen molar-refractivity contribution in [1.82, 2.24) is 0 Å². The minimum absolute atomic E-state index is 0.0976. The van der Waals surface area contributed by atoms with E-state index in [0.717, 1.165) is 21.2 Å². The maximum absolute atomic E-state index is 13.0. The second-order valence-corrected chi connectivity index (χ2v) is 7.28. The number of amides is 1. The first-order valence-electron chi connectivity index (χ1n) is 8.73. The van der Waals surface area contributed by atoms with Crippen LogP contribution in [0.25, 0.3) is 0 Å². The fourth-order valence-electron chi connectivity index (χ4n) is 2.99. The lowest BCUT2D eigenvalue weighted by atomic mass is 10.1. The number of nitrogens with zero attached hydrogens (tertiary/aromatic N) is 1. The molecular weight excluding hydrogens is 374 g/mol. The first-order valence-corrected chi connectivity index (χ1v) is 9.55. The van der Waals surface area contributed by atoms with Gasteiger partial charge in [-0.2, -0.15) is 0 Å². The van der Waals surface area contributed by atoms with Crippen molar-refractivity contribution >= 4 is 35.0 Å². The topological polar surface area (TPSA) is 66.8 Å². The van der Waals surface area contributed by atoms with Crippen molar-refractivity contribution in [3.63, 3.8) is 0 Å². The summed E-state index contributed by atoms with van der Waals surface area (Å²) in [5, 5.41) is 9.08. The van der Waals surface area contributed by atoms with Crippen LogP contribution in [0.1, 0.15) is 15.9 Å². The molecule has 3 aromatic carbocycles. The highest BCUT2D eigenvalue weighted by molar-refractivity contribution is 7.99. The summed E-state index contributed by atoms with van der Waals surface area (Å²) >= 11 is 1.61. The Labute approximate surface area is 166 Å². The van der Waals surface area contributed by atoms with Crippen molar-refractivity contribution in [2.45, 2.75) is 16.4 Å². The molecule has 1 heterocycles. The third-order valence-corrected chi connectivity index (χ3v) is 5.51. The predicted octanol–water partition coefficient (Wildman–Crippen LogP) is 4.17. The van der Waals surface area contributed by atoms with Gasteiger partial charge in [-0.15, -0.1) is 0 Å². The van der Waals surface area contributed by atoms with Crippen LogP contribution >= 0.6 is 11.8 Å². The summed E-state index contributed by atoms with van der Waals surface area (Å²) in [6.07, 6.45) is 0. The minimum Gasteiger partial charge on any atom is -0.452 e. The monoisotopic (exact) mass is 391 g/mol. The van der Waals surface area contributed by atoms with Crippen molar-refractivity contribution in [3.8, 4) is 0 Å². The second-order valence-electron chi connectivity index (χ2n) is 6.20. The van der Waals surface area contributed by atoms with Gasteiger partial charge in [0.25, 0.3) is 5.91 Å². The molecule has 0 aliphatic carbocycles. The predicted molar refractivity (Wildman–Crippen MR) is 107 cm³/mol. The number of rotatable bonds is 4. The lowest BCUT2D eigenvalue weighted by Crippen LogP contribution is -2.32. The number of fused-ring (bicyclic) bond motifs is 2. The molecule has 0 aromatic heterocycles. The van der Waals surface area contributed by atoms with Crippen LogP contribution in [0.2, 0.25) is 0 Å². The van der Waals surface area contributed by atoms with Gasteiger partial charge in [0.15, 0.2) is 6.61 Å². The van der Waals surface area contributed by atoms with Crippen LogP contribution < -0.4 is 4.90 Å². The number of ether oxygens (including phenoxy) is 1. The summed E-state index contributed by atoms with van der Waals surface area (Å²) in [7, 11) is 0. The van der Waals surface area contributed by atoms with Gasteiger partial charge in [-0.1, -0.05) is 48.2 Å². The van der Waals surface area contributed by atoms with Crippen LogP contribution in [0.4, 0.5) is 11.4 Å². The number of hydrogen-bond acceptors (Lipinski definition) is 5. The van der Waals surface area contributed by atoms with E-state index in [4.69, 9.17) is 9.84 Å². The van der Waals surface area contributed by atoms with Crippen molar-refractivity contribution in [3.05, 3.63) is 83.9 Å². The quantitative estimate of drug-likeness (QED) is 0.677. The summed E-state index contributed by atoms with van der Waals surface area (Å²) in [6, 6.07) is 21.7. The smallest absolute Gasteiger partial charge is 0.338 e. The maximum atomic E-state index is 13.0. The van der Waals surface area contributed by atoms with Crippen LogP contribution in [0, 0.1) is 0 Å². The summed E-state index contributed by atoms with van der Waals surface area (Å²) in [5.74, 6) is -0.897. The highest BCUT2D eigenvalue weighted by atomic mass is 32.2. The van der Waals surface area contributed by atoms with E-state index in [1.165, 1.54) is 0 Å². The van der Waals surface area contributed by atoms with E-state index < -0.39 is 5.97 Å². The summed E-state index contributed by atoms with van der Waals surface area (Å²) in [4.78, 5) is 28.8. The fourth-order valence-corrected chi connectivity index (χ4v) is 4.05. The molecule has 140 valence electrons. The standard InChI is InChI=1S/C22H17NO4S/c24-13-15-9-11-16(12-10-15)22(26)27-14-21(25)23-17-5-1-3-7-19(17)28-20-8-4-2-6-18(20)23/h1-12,24H,13-14H2. The van der Waals surface area contributed by atoms with Gasteiger partial charge in [-0.25, -0.2) is 4.79 Å². The van der Waals surface area contributed by atoms with E-state index in [1.807, 2.05) is 48.5 Å². The van der Waals surface area contributed by atoms with Crippen LogP contribution in [-0.4, -0.2) is 23.6 Å². The van der Waals surface area contributed by atoms with E-state index in [0.29, 0.717) is 11.1 Å². The average Bonchev–Trinajstić information content (AvgIpc) is 2.75. The first-order chi connectivity index (χ1) is 13.7. The second kappa shape index (κ2) is 7.88. The number of hydrogen-bond donors (Lipinski definition) is 1. The summed E-state index contributed by atoms with van der Waals surface area (Å²) in [6.45, 7) is -0.465. The van der Waals surface area contributed by atoms with Crippen molar-refractivity contribution in [1.29, 1.82) is 0 Å². The Balaban J connectivity index is 1.54. The highest BCUT2D eigenvalue weighted by Gasteiger charge is 2.28. The van der Waals surface area contributed by atoms with Gasteiger partial charge in [0, 0.05) is 9.79 Å². The molecule has 28 heavy (non-hydrogen) atoms. The van der Waals surface area contributed by atoms with E-state index in [-0.39, 0.29) is 19.1 Å². The van der Waals surface area contributed by atoms with Gasteiger partial charge in [0.2, 0.25) is 0 Å². The molecule has 1 amide bonds. The molecule has 0 saturated heterocycles. The van der Waals surface area contributed by atoms with Gasteiger partial charge in [-0.3, -0.25) is 9.69 Å². The number of carbonyl (C=O) groups is 2. The summed E-state index contributed by atoms with van der Waals surface area (Å²) in [5.41, 5.74) is 2.59.